The Morgan fingerprint density at radius 3 is 2.19 bits per heavy atom. The molecule has 2 aromatic rings. The molecule has 0 saturated carbocycles. The minimum Gasteiger partial charge on any atom is -0.396 e. The lowest BCUT2D eigenvalue weighted by atomic mass is 10.0. The van der Waals surface area contributed by atoms with Crippen LogP contribution in [-0.4, -0.2) is 47.5 Å². The maximum Gasteiger partial charge on any atom is 0.253 e. The zero-order valence-corrected chi connectivity index (χ0v) is 15.6. The van der Waals surface area contributed by atoms with Crippen molar-refractivity contribution in [3.63, 3.8) is 0 Å². The van der Waals surface area contributed by atoms with Gasteiger partial charge in [0.05, 0.1) is 6.61 Å². The highest BCUT2D eigenvalue weighted by Crippen LogP contribution is 2.23. The Kier molecular flexibility index (Phi) is 6.69. The summed E-state index contributed by atoms with van der Waals surface area (Å²) < 4.78 is 13.2. The smallest absolute Gasteiger partial charge is 0.253 e. The highest BCUT2D eigenvalue weighted by atomic mass is 32.2. The molecule has 0 bridgehead atoms. The van der Waals surface area contributed by atoms with Gasteiger partial charge in [0.15, 0.2) is 0 Å². The zero-order valence-electron chi connectivity index (χ0n) is 14.7. The van der Waals surface area contributed by atoms with Gasteiger partial charge in [-0.1, -0.05) is 36.4 Å². The Balaban J connectivity index is 1.62. The molecule has 138 valence electrons. The first kappa shape index (κ1) is 18.9. The van der Waals surface area contributed by atoms with Crippen LogP contribution in [-0.2, 0) is 5.75 Å². The molecule has 3 nitrogen and oxygen atoms in total. The number of carbonyl (C=O) groups is 1. The number of aliphatic hydroxyl groups excluding tert-OH is 1. The molecule has 1 heterocycles. The second-order valence-corrected chi connectivity index (χ2v) is 7.62. The number of benzene rings is 2. The molecule has 1 saturated heterocycles. The predicted octanol–water partition coefficient (Wildman–Crippen LogP) is 4.15. The molecule has 26 heavy (non-hydrogen) atoms. The number of hydrogen-bond acceptors (Lipinski definition) is 3. The van der Waals surface area contributed by atoms with Crippen LogP contribution >= 0.6 is 11.8 Å². The molecule has 1 amide bonds. The van der Waals surface area contributed by atoms with Gasteiger partial charge in [-0.05, 0) is 41.7 Å². The van der Waals surface area contributed by atoms with Crippen molar-refractivity contribution in [3.8, 4) is 11.1 Å². The van der Waals surface area contributed by atoms with Gasteiger partial charge in [0.1, 0.15) is 6.17 Å². The molecule has 1 aliphatic heterocycles. The van der Waals surface area contributed by atoms with Crippen LogP contribution < -0.4 is 0 Å². The lowest BCUT2D eigenvalue weighted by Crippen LogP contribution is -2.39. The summed E-state index contributed by atoms with van der Waals surface area (Å²) in [6.07, 6.45) is 0.103. The molecule has 5 heteroatoms. The van der Waals surface area contributed by atoms with Crippen LogP contribution in [0.5, 0.6) is 0 Å². The van der Waals surface area contributed by atoms with E-state index < -0.39 is 6.17 Å². The van der Waals surface area contributed by atoms with Crippen LogP contribution in [0.15, 0.2) is 48.5 Å². The molecule has 0 aliphatic carbocycles. The van der Waals surface area contributed by atoms with Crippen molar-refractivity contribution in [2.45, 2.75) is 24.8 Å². The molecule has 0 unspecified atom stereocenters. The number of rotatable bonds is 6. The summed E-state index contributed by atoms with van der Waals surface area (Å²) in [5, 5.41) is 8.83. The number of halogens is 1. The van der Waals surface area contributed by atoms with Crippen LogP contribution in [0.2, 0.25) is 0 Å². The Morgan fingerprint density at radius 2 is 1.62 bits per heavy atom. The van der Waals surface area contributed by atoms with E-state index in [1.54, 1.807) is 16.7 Å². The highest BCUT2D eigenvalue weighted by Gasteiger charge is 2.23. The molecular weight excluding hydrogens is 349 g/mol. The molecular formula is C21H24FNO2S. The van der Waals surface area contributed by atoms with Crippen molar-refractivity contribution >= 4 is 17.7 Å². The van der Waals surface area contributed by atoms with E-state index in [0.717, 1.165) is 22.6 Å². The predicted molar refractivity (Wildman–Crippen MR) is 105 cm³/mol. The zero-order chi connectivity index (χ0) is 18.4. The number of alkyl halides is 1. The fourth-order valence-electron chi connectivity index (χ4n) is 3.09. The molecule has 0 atom stereocenters. The average molecular weight is 373 g/mol. The Bertz CT molecular complexity index is 710. The molecule has 3 rings (SSSR count). The molecule has 0 spiro atoms. The van der Waals surface area contributed by atoms with Gasteiger partial charge in [-0.25, -0.2) is 4.39 Å². The maximum atomic E-state index is 13.2. The minimum absolute atomic E-state index is 0.0142. The highest BCUT2D eigenvalue weighted by molar-refractivity contribution is 7.98. The minimum atomic E-state index is -0.772. The van der Waals surface area contributed by atoms with Gasteiger partial charge in [0.25, 0.3) is 5.91 Å². The van der Waals surface area contributed by atoms with Crippen LogP contribution in [0.1, 0.15) is 28.8 Å². The van der Waals surface area contributed by atoms with E-state index in [4.69, 9.17) is 5.11 Å². The molecule has 0 aromatic heterocycles. The lowest BCUT2D eigenvalue weighted by Gasteiger charge is -2.28. The third-order valence-electron chi connectivity index (χ3n) is 4.64. The van der Waals surface area contributed by atoms with Crippen molar-refractivity contribution in [2.75, 3.05) is 25.4 Å². The molecule has 1 N–H and O–H groups in total. The summed E-state index contributed by atoms with van der Waals surface area (Å²) in [5.41, 5.74) is 4.06. The van der Waals surface area contributed by atoms with Crippen LogP contribution in [0.4, 0.5) is 4.39 Å². The molecule has 0 radical (unpaired) electrons. The number of piperidine rings is 1. The topological polar surface area (TPSA) is 40.5 Å². The van der Waals surface area contributed by atoms with Gasteiger partial charge >= 0.3 is 0 Å². The summed E-state index contributed by atoms with van der Waals surface area (Å²) in [6, 6.07) is 16.0. The van der Waals surface area contributed by atoms with Crippen molar-refractivity contribution in [1.82, 2.24) is 4.90 Å². The third-order valence-corrected chi connectivity index (χ3v) is 5.64. The summed E-state index contributed by atoms with van der Waals surface area (Å²) in [6.45, 7) is 1.20. The van der Waals surface area contributed by atoms with Crippen molar-refractivity contribution in [3.05, 3.63) is 59.7 Å². The maximum absolute atomic E-state index is 13.2. The fourth-order valence-corrected chi connectivity index (χ4v) is 3.79. The van der Waals surface area contributed by atoms with Gasteiger partial charge in [-0.3, -0.25) is 4.79 Å². The number of thioether (sulfide) groups is 1. The Morgan fingerprint density at radius 1 is 1.04 bits per heavy atom. The van der Waals surface area contributed by atoms with E-state index in [-0.39, 0.29) is 12.5 Å². The summed E-state index contributed by atoms with van der Waals surface area (Å²) >= 11 is 1.71. The number of aliphatic hydroxyl groups is 1. The van der Waals surface area contributed by atoms with Crippen LogP contribution in [0.25, 0.3) is 11.1 Å². The Hall–Kier alpha value is -1.85. The van der Waals surface area contributed by atoms with E-state index >= 15 is 0 Å². The van der Waals surface area contributed by atoms with Gasteiger partial charge in [-0.15, -0.1) is 0 Å². The number of likely N-dealkylation sites (tertiary alicyclic amines) is 1. The average Bonchev–Trinajstić information content (AvgIpc) is 2.69. The van der Waals surface area contributed by atoms with Gasteiger partial charge < -0.3 is 10.0 Å². The number of amides is 1. The normalized spacial score (nSPS) is 15.2. The first-order chi connectivity index (χ1) is 12.7. The molecule has 2 aromatic carbocycles. The van der Waals surface area contributed by atoms with Crippen molar-refractivity contribution in [1.29, 1.82) is 0 Å². The van der Waals surface area contributed by atoms with E-state index in [2.05, 4.69) is 24.3 Å². The summed E-state index contributed by atoms with van der Waals surface area (Å²) in [5.74, 6) is 1.63. The molecule has 1 fully saturated rings. The summed E-state index contributed by atoms with van der Waals surface area (Å²) in [4.78, 5) is 14.2. The van der Waals surface area contributed by atoms with Crippen LogP contribution in [0.3, 0.4) is 0 Å². The monoisotopic (exact) mass is 373 g/mol. The second kappa shape index (κ2) is 9.19. The van der Waals surface area contributed by atoms with Crippen LogP contribution in [0, 0.1) is 0 Å². The first-order valence-corrected chi connectivity index (χ1v) is 10.1. The first-order valence-electron chi connectivity index (χ1n) is 8.98. The van der Waals surface area contributed by atoms with Gasteiger partial charge in [0.2, 0.25) is 0 Å². The Labute approximate surface area is 158 Å². The van der Waals surface area contributed by atoms with Crippen molar-refractivity contribution < 1.29 is 14.3 Å². The van der Waals surface area contributed by atoms with E-state index in [0.29, 0.717) is 31.5 Å². The second-order valence-electron chi connectivity index (χ2n) is 6.52. The molecule has 1 aliphatic rings. The SMILES string of the molecule is O=C(c1ccc(-c2ccc(CSCCO)cc2)cc1)N1CCC(F)CC1. The quantitative estimate of drug-likeness (QED) is 0.773. The lowest BCUT2D eigenvalue weighted by molar-refractivity contribution is 0.0667. The van der Waals surface area contributed by atoms with Crippen molar-refractivity contribution in [2.24, 2.45) is 0 Å². The summed E-state index contributed by atoms with van der Waals surface area (Å²) in [7, 11) is 0. The van der Waals surface area contributed by atoms with E-state index in [9.17, 15) is 9.18 Å². The fraction of sp³-hybridized carbons (Fsp3) is 0.381. The number of nitrogens with zero attached hydrogens (tertiary/aromatic N) is 1. The number of carbonyl (C=O) groups excluding carboxylic acids is 1. The van der Waals surface area contributed by atoms with Gasteiger partial charge in [-0.2, -0.15) is 11.8 Å². The number of hydrogen-bond donors (Lipinski definition) is 1. The third kappa shape index (κ3) is 4.86. The standard InChI is InChI=1S/C21H24FNO2S/c22-20-9-11-23(12-10-20)21(25)19-7-5-18(6-8-19)17-3-1-16(2-4-17)15-26-14-13-24/h1-8,20,24H,9-15H2. The van der Waals surface area contributed by atoms with E-state index in [1.807, 2.05) is 24.3 Å². The van der Waals surface area contributed by atoms with E-state index in [1.165, 1.54) is 5.56 Å². The van der Waals surface area contributed by atoms with Gasteiger partial charge in [0, 0.05) is 30.2 Å². The largest absolute Gasteiger partial charge is 0.396 e.